The van der Waals surface area contributed by atoms with Gasteiger partial charge in [0.15, 0.2) is 5.78 Å². The number of amides is 1. The molecule has 0 unspecified atom stereocenters. The van der Waals surface area contributed by atoms with Gasteiger partial charge < -0.3 is 5.73 Å². The SMILES string of the molecule is CC(=O)[C@H](CCCCN)N(O)C(C)=O. The van der Waals surface area contributed by atoms with Crippen LogP contribution in [-0.4, -0.2) is 34.5 Å². The highest BCUT2D eigenvalue weighted by Gasteiger charge is 2.22. The molecule has 0 bridgehead atoms. The summed E-state index contributed by atoms with van der Waals surface area (Å²) in [5.41, 5.74) is 5.30. The summed E-state index contributed by atoms with van der Waals surface area (Å²) >= 11 is 0. The molecular weight excluding hydrogens is 184 g/mol. The average Bonchev–Trinajstić information content (AvgIpc) is 2.10. The van der Waals surface area contributed by atoms with Gasteiger partial charge in [-0.1, -0.05) is 0 Å². The Morgan fingerprint density at radius 3 is 2.29 bits per heavy atom. The van der Waals surface area contributed by atoms with Gasteiger partial charge in [0, 0.05) is 6.92 Å². The Balaban J connectivity index is 4.15. The van der Waals surface area contributed by atoms with E-state index in [1.165, 1.54) is 13.8 Å². The average molecular weight is 202 g/mol. The number of rotatable bonds is 6. The number of hydrogen-bond donors (Lipinski definition) is 2. The number of hydrogen-bond acceptors (Lipinski definition) is 4. The van der Waals surface area contributed by atoms with Gasteiger partial charge in [0.2, 0.25) is 5.91 Å². The van der Waals surface area contributed by atoms with Crippen molar-refractivity contribution in [2.24, 2.45) is 5.73 Å². The molecule has 5 nitrogen and oxygen atoms in total. The second kappa shape index (κ2) is 6.50. The van der Waals surface area contributed by atoms with Crippen molar-refractivity contribution in [2.45, 2.75) is 39.2 Å². The van der Waals surface area contributed by atoms with E-state index >= 15 is 0 Å². The Kier molecular flexibility index (Phi) is 6.07. The Morgan fingerprint density at radius 2 is 1.93 bits per heavy atom. The van der Waals surface area contributed by atoms with Crippen molar-refractivity contribution in [1.82, 2.24) is 5.06 Å². The smallest absolute Gasteiger partial charge is 0.243 e. The Labute approximate surface area is 83.8 Å². The van der Waals surface area contributed by atoms with E-state index in [1.54, 1.807) is 0 Å². The molecule has 82 valence electrons. The molecule has 0 aromatic rings. The highest BCUT2D eigenvalue weighted by Crippen LogP contribution is 2.08. The van der Waals surface area contributed by atoms with E-state index in [-0.39, 0.29) is 5.78 Å². The molecule has 0 aliphatic carbocycles. The topological polar surface area (TPSA) is 83.6 Å². The molecule has 0 aromatic heterocycles. The van der Waals surface area contributed by atoms with Crippen molar-refractivity contribution in [2.75, 3.05) is 6.54 Å². The molecule has 0 heterocycles. The van der Waals surface area contributed by atoms with Crippen LogP contribution in [0.25, 0.3) is 0 Å². The van der Waals surface area contributed by atoms with Crippen molar-refractivity contribution in [3.63, 3.8) is 0 Å². The van der Waals surface area contributed by atoms with Crippen LogP contribution < -0.4 is 5.73 Å². The number of ketones is 1. The quantitative estimate of drug-likeness (QED) is 0.369. The third kappa shape index (κ3) is 4.34. The number of nitrogens with two attached hydrogens (primary N) is 1. The summed E-state index contributed by atoms with van der Waals surface area (Å²) in [6, 6.07) is -0.723. The number of hydroxylamine groups is 2. The van der Waals surface area contributed by atoms with Crippen molar-refractivity contribution >= 4 is 11.7 Å². The highest BCUT2D eigenvalue weighted by atomic mass is 16.5. The van der Waals surface area contributed by atoms with Crippen LogP contribution in [0.1, 0.15) is 33.1 Å². The fraction of sp³-hybridized carbons (Fsp3) is 0.778. The first kappa shape index (κ1) is 13.1. The molecule has 0 radical (unpaired) electrons. The van der Waals surface area contributed by atoms with E-state index in [0.717, 1.165) is 12.8 Å². The van der Waals surface area contributed by atoms with Gasteiger partial charge in [-0.15, -0.1) is 0 Å². The van der Waals surface area contributed by atoms with Gasteiger partial charge in [-0.3, -0.25) is 14.8 Å². The van der Waals surface area contributed by atoms with E-state index in [0.29, 0.717) is 18.0 Å². The van der Waals surface area contributed by atoms with E-state index in [4.69, 9.17) is 5.73 Å². The first-order valence-corrected chi connectivity index (χ1v) is 4.70. The number of unbranched alkanes of at least 4 members (excludes halogenated alkanes) is 1. The molecule has 0 saturated carbocycles. The van der Waals surface area contributed by atoms with E-state index < -0.39 is 11.9 Å². The Hall–Kier alpha value is -0.940. The highest BCUT2D eigenvalue weighted by molar-refractivity contribution is 5.85. The molecule has 0 aliphatic rings. The van der Waals surface area contributed by atoms with Crippen molar-refractivity contribution in [3.8, 4) is 0 Å². The predicted octanol–water partition coefficient (Wildman–Crippen LogP) is 0.311. The largest absolute Gasteiger partial charge is 0.330 e. The Bertz CT molecular complexity index is 206. The van der Waals surface area contributed by atoms with Crippen LogP contribution in [0.2, 0.25) is 0 Å². The van der Waals surface area contributed by atoms with Crippen molar-refractivity contribution < 1.29 is 14.8 Å². The second-order valence-electron chi connectivity index (χ2n) is 3.27. The van der Waals surface area contributed by atoms with E-state index in [2.05, 4.69) is 0 Å². The van der Waals surface area contributed by atoms with Gasteiger partial charge in [0.05, 0.1) is 0 Å². The number of carbonyl (C=O) groups is 2. The maximum absolute atomic E-state index is 11.1. The number of nitrogens with zero attached hydrogens (tertiary/aromatic N) is 1. The maximum Gasteiger partial charge on any atom is 0.243 e. The van der Waals surface area contributed by atoms with Gasteiger partial charge >= 0.3 is 0 Å². The van der Waals surface area contributed by atoms with Crippen molar-refractivity contribution in [1.29, 1.82) is 0 Å². The summed E-state index contributed by atoms with van der Waals surface area (Å²) in [7, 11) is 0. The zero-order valence-electron chi connectivity index (χ0n) is 8.69. The van der Waals surface area contributed by atoms with Crippen LogP contribution in [-0.2, 0) is 9.59 Å². The molecule has 14 heavy (non-hydrogen) atoms. The van der Waals surface area contributed by atoms with Crippen molar-refractivity contribution in [3.05, 3.63) is 0 Å². The number of carbonyl (C=O) groups excluding carboxylic acids is 2. The van der Waals surface area contributed by atoms with E-state index in [9.17, 15) is 14.8 Å². The third-order valence-corrected chi connectivity index (χ3v) is 2.02. The predicted molar refractivity (Wildman–Crippen MR) is 51.7 cm³/mol. The fourth-order valence-electron chi connectivity index (χ4n) is 1.20. The molecule has 1 amide bonds. The summed E-state index contributed by atoms with van der Waals surface area (Å²) in [6.45, 7) is 3.13. The summed E-state index contributed by atoms with van der Waals surface area (Å²) in [5, 5.41) is 9.79. The monoisotopic (exact) mass is 202 g/mol. The van der Waals surface area contributed by atoms with Crippen LogP contribution in [0.3, 0.4) is 0 Å². The first-order chi connectivity index (χ1) is 6.50. The number of Topliss-reactive ketones (excluding diaryl/α,β-unsaturated/α-hetero) is 1. The first-order valence-electron chi connectivity index (χ1n) is 4.70. The lowest BCUT2D eigenvalue weighted by molar-refractivity contribution is -0.177. The van der Waals surface area contributed by atoms with Crippen LogP contribution in [0.5, 0.6) is 0 Å². The zero-order chi connectivity index (χ0) is 11.1. The molecule has 3 N–H and O–H groups in total. The molecule has 0 saturated heterocycles. The van der Waals surface area contributed by atoms with Gasteiger partial charge in [-0.25, -0.2) is 5.06 Å². The lowest BCUT2D eigenvalue weighted by atomic mass is 10.1. The molecule has 0 rings (SSSR count). The van der Waals surface area contributed by atoms with E-state index in [1.807, 2.05) is 0 Å². The molecule has 0 aromatic carbocycles. The summed E-state index contributed by atoms with van der Waals surface area (Å²) in [6.07, 6.45) is 1.98. The lowest BCUT2D eigenvalue weighted by Crippen LogP contribution is -2.40. The van der Waals surface area contributed by atoms with Crippen LogP contribution in [0.4, 0.5) is 0 Å². The van der Waals surface area contributed by atoms with Gasteiger partial charge in [0.25, 0.3) is 0 Å². The molecule has 1 atom stereocenters. The van der Waals surface area contributed by atoms with Crippen LogP contribution in [0.15, 0.2) is 0 Å². The van der Waals surface area contributed by atoms with Gasteiger partial charge in [0.1, 0.15) is 6.04 Å². The second-order valence-corrected chi connectivity index (χ2v) is 3.27. The fourth-order valence-corrected chi connectivity index (χ4v) is 1.20. The molecule has 0 spiro atoms. The zero-order valence-corrected chi connectivity index (χ0v) is 8.69. The minimum absolute atomic E-state index is 0.209. The third-order valence-electron chi connectivity index (χ3n) is 2.02. The summed E-state index contributed by atoms with van der Waals surface area (Å²) in [4.78, 5) is 21.9. The standard InChI is InChI=1S/C9H18N2O3/c1-7(12)9(5-3-4-6-10)11(14)8(2)13/h9,14H,3-6,10H2,1-2H3/t9-/m0/s1. The minimum atomic E-state index is -0.723. The summed E-state index contributed by atoms with van der Waals surface area (Å²) < 4.78 is 0. The van der Waals surface area contributed by atoms with Gasteiger partial charge in [-0.2, -0.15) is 0 Å². The molecular formula is C9H18N2O3. The van der Waals surface area contributed by atoms with Gasteiger partial charge in [-0.05, 0) is 32.7 Å². The molecule has 0 aliphatic heterocycles. The summed E-state index contributed by atoms with van der Waals surface area (Å²) in [5.74, 6) is -0.724. The van der Waals surface area contributed by atoms with Crippen LogP contribution in [0, 0.1) is 0 Å². The maximum atomic E-state index is 11.1. The minimum Gasteiger partial charge on any atom is -0.330 e. The molecule has 5 heteroatoms. The Morgan fingerprint density at radius 1 is 1.36 bits per heavy atom. The van der Waals surface area contributed by atoms with Crippen LogP contribution >= 0.6 is 0 Å². The normalized spacial score (nSPS) is 12.3. The molecule has 0 fully saturated rings. The lowest BCUT2D eigenvalue weighted by Gasteiger charge is -2.22.